The fraction of sp³-hybridized carbons (Fsp3) is 0.583. The fourth-order valence-corrected chi connectivity index (χ4v) is 5.07. The van der Waals surface area contributed by atoms with Gasteiger partial charge in [0.2, 0.25) is 5.91 Å². The Bertz CT molecular complexity index is 801. The summed E-state index contributed by atoms with van der Waals surface area (Å²) >= 11 is 0. The van der Waals surface area contributed by atoms with Crippen molar-refractivity contribution in [1.29, 1.82) is 0 Å². The van der Waals surface area contributed by atoms with Gasteiger partial charge < -0.3 is 19.9 Å². The number of hydrogen-bond acceptors (Lipinski definition) is 4. The van der Waals surface area contributed by atoms with Gasteiger partial charge >= 0.3 is 0 Å². The minimum atomic E-state index is -0.446. The van der Waals surface area contributed by atoms with Gasteiger partial charge in [-0.25, -0.2) is 0 Å². The molecule has 6 heteroatoms. The summed E-state index contributed by atoms with van der Waals surface area (Å²) in [5, 5.41) is 3.37. The van der Waals surface area contributed by atoms with Crippen LogP contribution in [0.2, 0.25) is 0 Å². The van der Waals surface area contributed by atoms with Gasteiger partial charge in [-0.05, 0) is 57.3 Å². The molecule has 3 aliphatic rings. The van der Waals surface area contributed by atoms with Gasteiger partial charge in [0, 0.05) is 25.2 Å². The Morgan fingerprint density at radius 3 is 2.77 bits per heavy atom. The van der Waals surface area contributed by atoms with E-state index >= 15 is 0 Å². The molecule has 2 amide bonds. The summed E-state index contributed by atoms with van der Waals surface area (Å²) in [4.78, 5) is 31.0. The molecule has 0 aromatic heterocycles. The van der Waals surface area contributed by atoms with Crippen LogP contribution in [0.15, 0.2) is 36.4 Å². The van der Waals surface area contributed by atoms with Gasteiger partial charge in [0.25, 0.3) is 5.91 Å². The normalized spacial score (nSPS) is 26.2. The smallest absolute Gasteiger partial charge is 0.254 e. The monoisotopic (exact) mass is 411 g/mol. The van der Waals surface area contributed by atoms with Crippen molar-refractivity contribution >= 4 is 11.8 Å². The van der Waals surface area contributed by atoms with Gasteiger partial charge in [0.15, 0.2) is 0 Å². The minimum Gasteiger partial charge on any atom is -0.376 e. The summed E-state index contributed by atoms with van der Waals surface area (Å²) in [5.74, 6) is 0.276. The van der Waals surface area contributed by atoms with Crippen molar-refractivity contribution in [3.8, 4) is 0 Å². The lowest BCUT2D eigenvalue weighted by Crippen LogP contribution is -2.52. The number of ether oxygens (including phenoxy) is 1. The molecule has 1 N–H and O–H groups in total. The molecule has 1 spiro atoms. The quantitative estimate of drug-likeness (QED) is 0.720. The summed E-state index contributed by atoms with van der Waals surface area (Å²) < 4.78 is 5.99. The third-order valence-corrected chi connectivity index (χ3v) is 6.85. The third kappa shape index (κ3) is 4.16. The van der Waals surface area contributed by atoms with Crippen LogP contribution < -0.4 is 5.32 Å². The Labute approximate surface area is 179 Å². The standard InChI is InChI=1S/C24H33N3O3/c1-2-27-20-10-15-26(17-20)23(29)24(11-13-25-14-12-24)18-30-16-6-5-8-19-7-3-4-9-21(19)22(27)28/h3-7,9,20,25H,2,8,10-18H2,1H3/b6-5-. The maximum Gasteiger partial charge on any atom is 0.254 e. The first kappa shape index (κ1) is 21.1. The predicted molar refractivity (Wildman–Crippen MR) is 116 cm³/mol. The highest BCUT2D eigenvalue weighted by atomic mass is 16.5. The predicted octanol–water partition coefficient (Wildman–Crippen LogP) is 2.25. The molecule has 1 unspecified atom stereocenters. The molecule has 162 valence electrons. The third-order valence-electron chi connectivity index (χ3n) is 6.85. The van der Waals surface area contributed by atoms with Crippen LogP contribution in [-0.4, -0.2) is 73.6 Å². The molecule has 6 nitrogen and oxygen atoms in total. The van der Waals surface area contributed by atoms with Crippen LogP contribution in [0.1, 0.15) is 42.1 Å². The van der Waals surface area contributed by atoms with Crippen LogP contribution in [0.3, 0.4) is 0 Å². The Morgan fingerprint density at radius 1 is 1.17 bits per heavy atom. The molecule has 0 aliphatic carbocycles. The van der Waals surface area contributed by atoms with Crippen LogP contribution in [0, 0.1) is 5.41 Å². The average Bonchev–Trinajstić information content (AvgIpc) is 3.26. The highest BCUT2D eigenvalue weighted by molar-refractivity contribution is 5.96. The molecule has 2 bridgehead atoms. The number of nitrogens with zero attached hydrogens (tertiary/aromatic N) is 2. The average molecular weight is 412 g/mol. The SMILES string of the molecule is CCN1C(=O)c2ccccc2C/C=C\COCC2(CCNCC2)C(=O)N2CCC1C2. The lowest BCUT2D eigenvalue weighted by atomic mass is 9.78. The molecule has 0 radical (unpaired) electrons. The number of rotatable bonds is 1. The van der Waals surface area contributed by atoms with Crippen molar-refractivity contribution in [2.75, 3.05) is 45.9 Å². The molecule has 3 aliphatic heterocycles. The van der Waals surface area contributed by atoms with Crippen LogP contribution in [0.4, 0.5) is 0 Å². The van der Waals surface area contributed by atoms with Crippen LogP contribution in [-0.2, 0) is 16.0 Å². The zero-order valence-electron chi connectivity index (χ0n) is 17.9. The van der Waals surface area contributed by atoms with Gasteiger partial charge in [-0.3, -0.25) is 9.59 Å². The van der Waals surface area contributed by atoms with Crippen molar-refractivity contribution in [3.05, 3.63) is 47.5 Å². The Hall–Kier alpha value is -2.18. The summed E-state index contributed by atoms with van der Waals surface area (Å²) in [7, 11) is 0. The van der Waals surface area contributed by atoms with E-state index in [1.807, 2.05) is 47.1 Å². The van der Waals surface area contributed by atoms with Gasteiger partial charge in [-0.2, -0.15) is 0 Å². The molecule has 3 heterocycles. The number of amides is 2. The number of carbonyl (C=O) groups excluding carboxylic acids is 2. The Morgan fingerprint density at radius 2 is 1.97 bits per heavy atom. The molecule has 4 rings (SSSR count). The van der Waals surface area contributed by atoms with E-state index in [9.17, 15) is 9.59 Å². The van der Waals surface area contributed by atoms with Gasteiger partial charge in [0.05, 0.1) is 24.7 Å². The number of fused-ring (bicyclic) bond motifs is 3. The van der Waals surface area contributed by atoms with Crippen molar-refractivity contribution < 1.29 is 14.3 Å². The molecule has 1 aromatic rings. The van der Waals surface area contributed by atoms with E-state index < -0.39 is 5.41 Å². The van der Waals surface area contributed by atoms with E-state index in [1.165, 1.54) is 0 Å². The van der Waals surface area contributed by atoms with Crippen molar-refractivity contribution in [1.82, 2.24) is 15.1 Å². The number of benzene rings is 1. The highest BCUT2D eigenvalue weighted by Crippen LogP contribution is 2.34. The number of nitrogens with one attached hydrogen (secondary N) is 1. The van der Waals surface area contributed by atoms with Crippen molar-refractivity contribution in [2.24, 2.45) is 5.41 Å². The molecule has 2 saturated heterocycles. The van der Waals surface area contributed by atoms with Crippen LogP contribution in [0.25, 0.3) is 0 Å². The second kappa shape index (κ2) is 9.31. The number of piperidine rings is 1. The summed E-state index contributed by atoms with van der Waals surface area (Å²) in [5.41, 5.74) is 1.35. The molecule has 30 heavy (non-hydrogen) atoms. The molecule has 1 aromatic carbocycles. The molecular weight excluding hydrogens is 378 g/mol. The number of allylic oxidation sites excluding steroid dienone is 1. The lowest BCUT2D eigenvalue weighted by Gasteiger charge is -2.39. The first-order valence-electron chi connectivity index (χ1n) is 11.3. The maximum absolute atomic E-state index is 13.6. The van der Waals surface area contributed by atoms with Gasteiger partial charge in [-0.1, -0.05) is 30.4 Å². The number of carbonyl (C=O) groups is 2. The van der Waals surface area contributed by atoms with E-state index in [1.54, 1.807) is 0 Å². The van der Waals surface area contributed by atoms with E-state index in [0.717, 1.165) is 43.5 Å². The highest BCUT2D eigenvalue weighted by Gasteiger charge is 2.45. The van der Waals surface area contributed by atoms with Crippen molar-refractivity contribution in [3.63, 3.8) is 0 Å². The van der Waals surface area contributed by atoms with E-state index in [4.69, 9.17) is 4.74 Å². The van der Waals surface area contributed by atoms with E-state index in [-0.39, 0.29) is 17.9 Å². The molecule has 0 saturated carbocycles. The maximum atomic E-state index is 13.6. The Balaban J connectivity index is 1.64. The topological polar surface area (TPSA) is 61.9 Å². The van der Waals surface area contributed by atoms with E-state index in [2.05, 4.69) is 11.4 Å². The zero-order chi connectivity index (χ0) is 21.0. The molecule has 1 atom stereocenters. The molecule has 2 fully saturated rings. The minimum absolute atomic E-state index is 0.0693. The second-order valence-corrected chi connectivity index (χ2v) is 8.66. The lowest BCUT2D eigenvalue weighted by molar-refractivity contribution is -0.147. The van der Waals surface area contributed by atoms with Gasteiger partial charge in [0.1, 0.15) is 0 Å². The first-order chi connectivity index (χ1) is 14.6. The fourth-order valence-electron chi connectivity index (χ4n) is 5.07. The zero-order valence-corrected chi connectivity index (χ0v) is 17.9. The summed E-state index contributed by atoms with van der Waals surface area (Å²) in [6, 6.07) is 7.93. The largest absolute Gasteiger partial charge is 0.376 e. The molecular formula is C24H33N3O3. The number of likely N-dealkylation sites (N-methyl/N-ethyl adjacent to an activating group) is 1. The summed E-state index contributed by atoms with van der Waals surface area (Å²) in [6.07, 6.45) is 7.21. The summed E-state index contributed by atoms with van der Waals surface area (Å²) in [6.45, 7) is 6.65. The van der Waals surface area contributed by atoms with E-state index in [0.29, 0.717) is 39.3 Å². The number of hydrogen-bond donors (Lipinski definition) is 1. The van der Waals surface area contributed by atoms with Gasteiger partial charge in [-0.15, -0.1) is 0 Å². The second-order valence-electron chi connectivity index (χ2n) is 8.66. The first-order valence-corrected chi connectivity index (χ1v) is 11.3. The van der Waals surface area contributed by atoms with Crippen LogP contribution >= 0.6 is 0 Å². The Kier molecular flexibility index (Phi) is 6.54. The van der Waals surface area contributed by atoms with Crippen molar-refractivity contribution in [2.45, 2.75) is 38.6 Å². The van der Waals surface area contributed by atoms with Crippen LogP contribution in [0.5, 0.6) is 0 Å².